The van der Waals surface area contributed by atoms with Gasteiger partial charge in [-0.25, -0.2) is 26.3 Å². The molecule has 0 radical (unpaired) electrons. The summed E-state index contributed by atoms with van der Waals surface area (Å²) < 4.78 is 112. The first-order valence-corrected chi connectivity index (χ1v) is 15.7. The van der Waals surface area contributed by atoms with Crippen molar-refractivity contribution in [3.05, 3.63) is 113 Å². The molecule has 0 saturated heterocycles. The van der Waals surface area contributed by atoms with Crippen molar-refractivity contribution >= 4 is 21.9 Å². The fraction of sp³-hybridized carbons (Fsp3) is 0.281. The van der Waals surface area contributed by atoms with Gasteiger partial charge in [0, 0.05) is 18.8 Å². The number of fused-ring (bicyclic) bond motifs is 2. The van der Waals surface area contributed by atoms with Gasteiger partial charge in [0.15, 0.2) is 5.78 Å². The lowest BCUT2D eigenvalue weighted by Gasteiger charge is -2.46. The maximum Gasteiger partial charge on any atom is 0.416 e. The van der Waals surface area contributed by atoms with Crippen molar-refractivity contribution in [1.82, 2.24) is 19.1 Å². The van der Waals surface area contributed by atoms with Crippen molar-refractivity contribution in [2.45, 2.75) is 42.8 Å². The van der Waals surface area contributed by atoms with Crippen LogP contribution in [0, 0.1) is 17.0 Å². The third-order valence-corrected chi connectivity index (χ3v) is 10.6. The number of pyridine rings is 1. The summed E-state index contributed by atoms with van der Waals surface area (Å²) in [5, 5.41) is 4.42. The Kier molecular flexibility index (Phi) is 8.13. The van der Waals surface area contributed by atoms with Crippen LogP contribution in [0.15, 0.2) is 83.5 Å². The molecule has 4 aromatic rings. The van der Waals surface area contributed by atoms with Crippen LogP contribution in [0.4, 0.5) is 26.3 Å². The Morgan fingerprint density at radius 1 is 1.02 bits per heavy atom. The van der Waals surface area contributed by atoms with Crippen LogP contribution in [0.3, 0.4) is 0 Å². The van der Waals surface area contributed by atoms with Gasteiger partial charge in [0.25, 0.3) is 0 Å². The van der Waals surface area contributed by atoms with E-state index >= 15 is 0 Å². The summed E-state index contributed by atoms with van der Waals surface area (Å²) in [6, 6.07) is 10.1. The highest BCUT2D eigenvalue weighted by Crippen LogP contribution is 2.51. The fourth-order valence-corrected chi connectivity index (χ4v) is 8.05. The van der Waals surface area contributed by atoms with E-state index in [1.54, 1.807) is 10.8 Å². The van der Waals surface area contributed by atoms with Crippen LogP contribution in [0.5, 0.6) is 0 Å². The summed E-state index contributed by atoms with van der Waals surface area (Å²) in [4.78, 5) is 18.1. The van der Waals surface area contributed by atoms with Gasteiger partial charge in [-0.2, -0.15) is 22.6 Å². The number of halogens is 6. The molecule has 0 N–H and O–H groups in total. The SMILES string of the molecule is O=C(c1cc(C(F)(F)F)ccn1)[C@]12Cc3cnn(-c4ccc(F)cc4)c3C=C1CC[C@H](N(CCF)S(=O)(=O)c1ccc(F)cc1)C2. The summed E-state index contributed by atoms with van der Waals surface area (Å²) in [5.74, 6) is -1.86. The van der Waals surface area contributed by atoms with Gasteiger partial charge in [-0.15, -0.1) is 0 Å². The summed E-state index contributed by atoms with van der Waals surface area (Å²) in [6.07, 6.45) is -0.571. The summed E-state index contributed by atoms with van der Waals surface area (Å²) in [5.41, 5.74) is -0.869. The summed E-state index contributed by atoms with van der Waals surface area (Å²) in [6.45, 7) is -1.60. The van der Waals surface area contributed by atoms with Crippen LogP contribution < -0.4 is 0 Å². The minimum Gasteiger partial charge on any atom is -0.291 e. The second-order valence-electron chi connectivity index (χ2n) is 11.3. The number of aromatic nitrogens is 3. The Balaban J connectivity index is 1.46. The lowest BCUT2D eigenvalue weighted by Crippen LogP contribution is -2.51. The largest absolute Gasteiger partial charge is 0.416 e. The van der Waals surface area contributed by atoms with Gasteiger partial charge in [0.2, 0.25) is 10.0 Å². The van der Waals surface area contributed by atoms with Crippen LogP contribution in [0.25, 0.3) is 11.8 Å². The monoisotopic (exact) mass is 660 g/mol. The van der Waals surface area contributed by atoms with Crippen molar-refractivity contribution < 1.29 is 39.6 Å². The second-order valence-corrected chi connectivity index (χ2v) is 13.2. The molecule has 0 bridgehead atoms. The van der Waals surface area contributed by atoms with Crippen LogP contribution in [0.1, 0.15) is 46.6 Å². The first-order chi connectivity index (χ1) is 21.8. The molecule has 2 heterocycles. The van der Waals surface area contributed by atoms with Gasteiger partial charge in [-0.05, 0) is 98.0 Å². The molecule has 240 valence electrons. The van der Waals surface area contributed by atoms with Gasteiger partial charge in [0.1, 0.15) is 24.0 Å². The topological polar surface area (TPSA) is 85.2 Å². The average molecular weight is 661 g/mol. The highest BCUT2D eigenvalue weighted by atomic mass is 32.2. The van der Waals surface area contributed by atoms with E-state index in [2.05, 4.69) is 10.1 Å². The molecule has 0 unspecified atom stereocenters. The number of hydrogen-bond acceptors (Lipinski definition) is 5. The molecule has 6 rings (SSSR count). The molecular weight excluding hydrogens is 634 g/mol. The van der Waals surface area contributed by atoms with Crippen LogP contribution in [-0.4, -0.2) is 52.5 Å². The van der Waals surface area contributed by atoms with Crippen LogP contribution in [-0.2, 0) is 22.6 Å². The van der Waals surface area contributed by atoms with Gasteiger partial charge in [0.05, 0.1) is 33.5 Å². The fourth-order valence-electron chi connectivity index (χ4n) is 6.42. The number of carbonyl (C=O) groups excluding carboxylic acids is 1. The highest BCUT2D eigenvalue weighted by molar-refractivity contribution is 7.89. The zero-order valence-corrected chi connectivity index (χ0v) is 24.8. The van der Waals surface area contributed by atoms with Gasteiger partial charge >= 0.3 is 6.18 Å². The van der Waals surface area contributed by atoms with E-state index < -0.39 is 69.6 Å². The van der Waals surface area contributed by atoms with Crippen molar-refractivity contribution in [2.75, 3.05) is 13.2 Å². The predicted octanol–water partition coefficient (Wildman–Crippen LogP) is 6.59. The molecule has 2 atom stereocenters. The number of Topliss-reactive ketones (excluding diaryl/α,β-unsaturated/α-hetero) is 1. The van der Waals surface area contributed by atoms with Crippen molar-refractivity contribution in [1.29, 1.82) is 0 Å². The van der Waals surface area contributed by atoms with E-state index in [9.17, 15) is 39.6 Å². The van der Waals surface area contributed by atoms with E-state index in [1.165, 1.54) is 30.5 Å². The third kappa shape index (κ3) is 5.64. The lowest BCUT2D eigenvalue weighted by atomic mass is 9.60. The first kappa shape index (κ1) is 31.7. The zero-order chi connectivity index (χ0) is 32.9. The van der Waals surface area contributed by atoms with E-state index in [4.69, 9.17) is 0 Å². The molecular formula is C32H26F6N4O3S. The Morgan fingerprint density at radius 2 is 1.70 bits per heavy atom. The quantitative estimate of drug-likeness (QED) is 0.157. The standard InChI is InChI=1S/C32H26F6N4O3S/c33-12-14-41(46(44,45)27-9-4-24(35)5-10-27)26-6-1-21-16-29-20(19-40-42(29)25-7-2-23(34)3-8-25)17-31(21,18-26)30(43)28-15-22(11-13-39-28)32(36,37)38/h2-5,7-11,13,15-16,19,26H,1,6,12,14,17-18H2/t26-,31-/m0/s1. The number of carbonyl (C=O) groups is 1. The molecule has 0 spiro atoms. The number of nitrogens with zero attached hydrogens (tertiary/aromatic N) is 4. The smallest absolute Gasteiger partial charge is 0.291 e. The van der Waals surface area contributed by atoms with Gasteiger partial charge in [-0.3, -0.25) is 9.78 Å². The van der Waals surface area contributed by atoms with Crippen LogP contribution >= 0.6 is 0 Å². The second kappa shape index (κ2) is 11.8. The molecule has 46 heavy (non-hydrogen) atoms. The molecule has 2 aliphatic rings. The Morgan fingerprint density at radius 3 is 2.35 bits per heavy atom. The third-order valence-electron chi connectivity index (χ3n) is 8.59. The van der Waals surface area contributed by atoms with E-state index in [-0.39, 0.29) is 30.6 Å². The minimum atomic E-state index is -4.75. The normalized spacial score (nSPS) is 19.8. The maximum atomic E-state index is 14.4. The summed E-state index contributed by atoms with van der Waals surface area (Å²) in [7, 11) is -4.37. The number of allylic oxidation sites excluding steroid dienone is 1. The average Bonchev–Trinajstić information content (AvgIpc) is 3.44. The molecule has 2 aliphatic carbocycles. The van der Waals surface area contributed by atoms with Gasteiger partial charge < -0.3 is 0 Å². The molecule has 1 fully saturated rings. The number of rotatable bonds is 8. The lowest BCUT2D eigenvalue weighted by molar-refractivity contribution is -0.137. The van der Waals surface area contributed by atoms with Crippen molar-refractivity contribution in [3.8, 4) is 5.69 Å². The molecule has 2 aromatic heterocycles. The number of alkyl halides is 4. The minimum absolute atomic E-state index is 0.0529. The van der Waals surface area contributed by atoms with Crippen LogP contribution in [0.2, 0.25) is 0 Å². The number of sulfonamides is 1. The van der Waals surface area contributed by atoms with E-state index in [1.807, 2.05) is 0 Å². The highest BCUT2D eigenvalue weighted by Gasteiger charge is 2.52. The molecule has 2 aromatic carbocycles. The maximum absolute atomic E-state index is 14.4. The summed E-state index contributed by atoms with van der Waals surface area (Å²) >= 11 is 0. The van der Waals surface area contributed by atoms with Crippen molar-refractivity contribution in [2.24, 2.45) is 5.41 Å². The Bertz CT molecular complexity index is 1920. The predicted molar refractivity (Wildman–Crippen MR) is 155 cm³/mol. The first-order valence-electron chi connectivity index (χ1n) is 14.3. The Hall–Kier alpha value is -4.30. The molecule has 7 nitrogen and oxygen atoms in total. The molecule has 1 saturated carbocycles. The zero-order valence-electron chi connectivity index (χ0n) is 24.0. The van der Waals surface area contributed by atoms with Gasteiger partial charge in [-0.1, -0.05) is 5.57 Å². The van der Waals surface area contributed by atoms with Crippen molar-refractivity contribution in [3.63, 3.8) is 0 Å². The van der Waals surface area contributed by atoms with E-state index in [0.717, 1.165) is 40.8 Å². The number of benzene rings is 2. The molecule has 0 amide bonds. The molecule has 0 aliphatic heterocycles. The molecule has 14 heteroatoms. The number of ketones is 1. The number of hydrogen-bond donors (Lipinski definition) is 0. The Labute approximate surface area is 260 Å². The van der Waals surface area contributed by atoms with E-state index in [0.29, 0.717) is 28.6 Å².